The summed E-state index contributed by atoms with van der Waals surface area (Å²) in [4.78, 5) is 68.2. The van der Waals surface area contributed by atoms with Crippen molar-refractivity contribution in [1.29, 1.82) is 5.26 Å². The van der Waals surface area contributed by atoms with Gasteiger partial charge in [-0.1, -0.05) is 11.6 Å². The van der Waals surface area contributed by atoms with Crippen LogP contribution in [0.2, 0.25) is 5.02 Å². The van der Waals surface area contributed by atoms with E-state index >= 15 is 0 Å². The van der Waals surface area contributed by atoms with Crippen LogP contribution in [-0.4, -0.2) is 101 Å². The zero-order chi connectivity index (χ0) is 38.8. The van der Waals surface area contributed by atoms with Gasteiger partial charge in [0, 0.05) is 82.0 Å². The highest BCUT2D eigenvalue weighted by Gasteiger charge is 2.39. The monoisotopic (exact) mass is 779 g/mol. The highest BCUT2D eigenvalue weighted by atomic mass is 35.5. The number of nitriles is 1. The Morgan fingerprint density at radius 1 is 0.911 bits per heavy atom. The van der Waals surface area contributed by atoms with E-state index in [1.807, 2.05) is 12.1 Å². The van der Waals surface area contributed by atoms with E-state index in [0.717, 1.165) is 88.6 Å². The van der Waals surface area contributed by atoms with E-state index in [9.17, 15) is 19.2 Å². The fourth-order valence-electron chi connectivity index (χ4n) is 8.73. The maximum absolute atomic E-state index is 13.1. The first kappa shape index (κ1) is 37.7. The number of aromatic nitrogens is 2. The third-order valence-corrected chi connectivity index (χ3v) is 12.3. The molecule has 3 aromatic rings. The summed E-state index contributed by atoms with van der Waals surface area (Å²) in [6.45, 7) is 7.04. The van der Waals surface area contributed by atoms with Crippen LogP contribution in [0, 0.1) is 23.2 Å². The van der Waals surface area contributed by atoms with Crippen molar-refractivity contribution >= 4 is 52.6 Å². The normalized spacial score (nSPS) is 23.4. The Labute approximate surface area is 331 Å². The van der Waals surface area contributed by atoms with Crippen LogP contribution >= 0.6 is 11.6 Å². The number of piperazine rings is 1. The molecule has 2 aromatic carbocycles. The number of hydrogen-bond donors (Lipinski definition) is 2. The Kier molecular flexibility index (Phi) is 11.1. The van der Waals surface area contributed by atoms with Crippen LogP contribution < -0.4 is 25.2 Å². The number of anilines is 3. The summed E-state index contributed by atoms with van der Waals surface area (Å²) in [6, 6.07) is 12.5. The van der Waals surface area contributed by atoms with E-state index < -0.39 is 6.04 Å². The minimum atomic E-state index is -0.604. The van der Waals surface area contributed by atoms with Gasteiger partial charge in [-0.3, -0.25) is 29.4 Å². The maximum atomic E-state index is 13.1. The number of fused-ring (bicyclic) bond motifs is 1. The van der Waals surface area contributed by atoms with E-state index in [0.29, 0.717) is 59.4 Å². The second-order valence-electron chi connectivity index (χ2n) is 15.6. The topological polar surface area (TPSA) is 164 Å². The summed E-state index contributed by atoms with van der Waals surface area (Å²) in [7, 11) is 0. The van der Waals surface area contributed by atoms with Crippen molar-refractivity contribution in [3.63, 3.8) is 0 Å². The third-order valence-electron chi connectivity index (χ3n) is 12.0. The first-order valence-electron chi connectivity index (χ1n) is 19.7. The molecule has 5 aliphatic rings. The molecule has 1 saturated carbocycles. The van der Waals surface area contributed by atoms with Gasteiger partial charge in [-0.05, 0) is 86.8 Å². The molecule has 292 valence electrons. The summed E-state index contributed by atoms with van der Waals surface area (Å²) in [6.07, 6.45) is 9.09. The van der Waals surface area contributed by atoms with E-state index in [2.05, 4.69) is 47.4 Å². The molecule has 8 rings (SSSR count). The standard InChI is InChI=1S/C41H46ClN9O5/c42-34-20-32(7-3-28(34)21-43)56-31-5-1-27(2-6-31)39(53)46-36-22-45-37(23-44-36)50-13-11-26(12-14-50)24-48-15-17-49(18-16-48)30-4-8-33-29(19-30)25-51(41(33)55)35-9-10-38(52)47-40(35)54/h3-4,7-8,19-20,22-23,26-27,31,35H,1-2,5-6,9-18,24-25H2,(H,44,46,53)(H,47,52,54). The lowest BCUT2D eigenvalue weighted by Crippen LogP contribution is -2.52. The molecular weight excluding hydrogens is 734 g/mol. The molecular formula is C41H46ClN9O5. The first-order chi connectivity index (χ1) is 27.2. The van der Waals surface area contributed by atoms with Gasteiger partial charge in [-0.2, -0.15) is 5.26 Å². The van der Waals surface area contributed by atoms with Crippen molar-refractivity contribution in [2.75, 3.05) is 60.9 Å². The van der Waals surface area contributed by atoms with E-state index in [4.69, 9.17) is 21.6 Å². The van der Waals surface area contributed by atoms with Crippen molar-refractivity contribution in [2.24, 2.45) is 11.8 Å². The number of imide groups is 1. The van der Waals surface area contributed by atoms with Crippen LogP contribution in [-0.2, 0) is 20.9 Å². The number of carbonyl (C=O) groups is 4. The minimum Gasteiger partial charge on any atom is -0.490 e. The number of rotatable bonds is 9. The molecule has 1 atom stereocenters. The molecule has 3 saturated heterocycles. The van der Waals surface area contributed by atoms with Crippen molar-refractivity contribution in [3.05, 3.63) is 70.5 Å². The van der Waals surface area contributed by atoms with Crippen molar-refractivity contribution in [3.8, 4) is 11.8 Å². The Bertz CT molecular complexity index is 2020. The number of amides is 4. The molecule has 5 heterocycles. The summed E-state index contributed by atoms with van der Waals surface area (Å²) in [5.41, 5.74) is 3.09. The van der Waals surface area contributed by atoms with Gasteiger partial charge in [0.25, 0.3) is 5.91 Å². The number of piperidine rings is 2. The van der Waals surface area contributed by atoms with Crippen molar-refractivity contribution in [2.45, 2.75) is 70.1 Å². The van der Waals surface area contributed by atoms with Crippen LogP contribution in [0.3, 0.4) is 0 Å². The van der Waals surface area contributed by atoms with Gasteiger partial charge >= 0.3 is 0 Å². The molecule has 14 nitrogen and oxygen atoms in total. The summed E-state index contributed by atoms with van der Waals surface area (Å²) in [5, 5.41) is 14.8. The lowest BCUT2D eigenvalue weighted by Gasteiger charge is -2.40. The fourth-order valence-corrected chi connectivity index (χ4v) is 8.94. The SMILES string of the molecule is N#Cc1ccc(OC2CCC(C(=O)Nc3cnc(N4CCC(CN5CCN(c6ccc7c(c6)CN(C6CCC(=O)NC6=O)C7=O)CC5)CC4)cn3)CC2)cc1Cl. The van der Waals surface area contributed by atoms with E-state index in [1.165, 1.54) is 0 Å². The zero-order valence-electron chi connectivity index (χ0n) is 31.3. The van der Waals surface area contributed by atoms with Crippen LogP contribution in [0.15, 0.2) is 48.8 Å². The summed E-state index contributed by atoms with van der Waals surface area (Å²) < 4.78 is 6.07. The van der Waals surface area contributed by atoms with Crippen LogP contribution in [0.4, 0.5) is 17.3 Å². The number of ether oxygens (including phenoxy) is 1. The molecule has 1 aromatic heterocycles. The van der Waals surface area contributed by atoms with Gasteiger partial charge in [0.15, 0.2) is 5.82 Å². The largest absolute Gasteiger partial charge is 0.490 e. The fraction of sp³-hybridized carbons (Fsp3) is 0.488. The molecule has 4 fully saturated rings. The maximum Gasteiger partial charge on any atom is 0.255 e. The lowest BCUT2D eigenvalue weighted by molar-refractivity contribution is -0.137. The average molecular weight is 780 g/mol. The number of halogens is 1. The van der Waals surface area contributed by atoms with Crippen molar-refractivity contribution < 1.29 is 23.9 Å². The number of nitrogens with one attached hydrogen (secondary N) is 2. The summed E-state index contributed by atoms with van der Waals surface area (Å²) in [5.74, 6) is 1.55. The third kappa shape index (κ3) is 8.29. The molecule has 0 radical (unpaired) electrons. The smallest absolute Gasteiger partial charge is 0.255 e. The predicted molar refractivity (Wildman–Crippen MR) is 209 cm³/mol. The first-order valence-corrected chi connectivity index (χ1v) is 20.1. The van der Waals surface area contributed by atoms with Crippen LogP contribution in [0.5, 0.6) is 5.75 Å². The Morgan fingerprint density at radius 2 is 1.70 bits per heavy atom. The molecule has 15 heteroatoms. The van der Waals surface area contributed by atoms with Gasteiger partial charge in [0.2, 0.25) is 17.7 Å². The van der Waals surface area contributed by atoms with Gasteiger partial charge in [0.05, 0.1) is 29.1 Å². The molecule has 4 aliphatic heterocycles. The van der Waals surface area contributed by atoms with Gasteiger partial charge in [0.1, 0.15) is 23.7 Å². The molecule has 4 amide bonds. The molecule has 0 bridgehead atoms. The quantitative estimate of drug-likeness (QED) is 0.297. The number of benzene rings is 2. The summed E-state index contributed by atoms with van der Waals surface area (Å²) >= 11 is 6.14. The lowest BCUT2D eigenvalue weighted by atomic mass is 9.86. The van der Waals surface area contributed by atoms with Gasteiger partial charge in [-0.25, -0.2) is 9.97 Å². The second kappa shape index (κ2) is 16.5. The van der Waals surface area contributed by atoms with Crippen LogP contribution in [0.25, 0.3) is 0 Å². The van der Waals surface area contributed by atoms with Gasteiger partial charge < -0.3 is 24.8 Å². The Hall–Kier alpha value is -5.26. The average Bonchev–Trinajstić information content (AvgIpc) is 3.54. The highest BCUT2D eigenvalue weighted by Crippen LogP contribution is 2.33. The molecule has 0 spiro atoms. The predicted octanol–water partition coefficient (Wildman–Crippen LogP) is 4.38. The molecule has 1 unspecified atom stereocenters. The van der Waals surface area contributed by atoms with E-state index in [1.54, 1.807) is 35.5 Å². The second-order valence-corrected chi connectivity index (χ2v) is 16.0. The number of nitrogens with zero attached hydrogens (tertiary/aromatic N) is 7. The van der Waals surface area contributed by atoms with E-state index in [-0.39, 0.29) is 42.1 Å². The zero-order valence-corrected chi connectivity index (χ0v) is 32.0. The van der Waals surface area contributed by atoms with Crippen LogP contribution in [0.1, 0.15) is 72.9 Å². The minimum absolute atomic E-state index is 0.00312. The van der Waals surface area contributed by atoms with Gasteiger partial charge in [-0.15, -0.1) is 0 Å². The Morgan fingerprint density at radius 3 is 2.39 bits per heavy atom. The van der Waals surface area contributed by atoms with Crippen molar-refractivity contribution in [1.82, 2.24) is 25.1 Å². The molecule has 1 aliphatic carbocycles. The molecule has 56 heavy (non-hydrogen) atoms. The number of carbonyl (C=O) groups excluding carboxylic acids is 4. The highest BCUT2D eigenvalue weighted by molar-refractivity contribution is 6.31. The number of hydrogen-bond acceptors (Lipinski definition) is 11. The Balaban J connectivity index is 0.742. The molecule has 2 N–H and O–H groups in total.